The summed E-state index contributed by atoms with van der Waals surface area (Å²) in [7, 11) is 0. The molecule has 36 heavy (non-hydrogen) atoms. The molecule has 1 fully saturated rings. The molecule has 0 aromatic heterocycles. The van der Waals surface area contributed by atoms with E-state index in [9.17, 15) is 14.4 Å². The summed E-state index contributed by atoms with van der Waals surface area (Å²) in [6, 6.07) is 10.5. The number of ether oxygens (including phenoxy) is 1. The van der Waals surface area contributed by atoms with Crippen LogP contribution in [0.4, 0.5) is 11.4 Å². The zero-order valence-electron chi connectivity index (χ0n) is 20.8. The summed E-state index contributed by atoms with van der Waals surface area (Å²) in [4.78, 5) is 40.5. The average Bonchev–Trinajstić information content (AvgIpc) is 3.53. The molecule has 2 aromatic carbocycles. The number of carboxylic acid groups (broad SMARTS) is 1. The van der Waals surface area contributed by atoms with E-state index in [0.717, 1.165) is 11.1 Å². The van der Waals surface area contributed by atoms with E-state index in [1.807, 2.05) is 26.8 Å². The average molecular weight is 490 g/mol. The number of aliphatic carboxylic acids is 1. The molecule has 2 atom stereocenters. The lowest BCUT2D eigenvalue weighted by atomic mass is 9.86. The van der Waals surface area contributed by atoms with E-state index in [1.54, 1.807) is 30.3 Å². The molecule has 1 spiro atoms. The first-order chi connectivity index (χ1) is 17.0. The molecule has 0 bridgehead atoms. The van der Waals surface area contributed by atoms with E-state index in [-0.39, 0.29) is 29.7 Å². The van der Waals surface area contributed by atoms with Crippen LogP contribution in [0.15, 0.2) is 36.4 Å². The van der Waals surface area contributed by atoms with Gasteiger partial charge in [0, 0.05) is 40.1 Å². The van der Waals surface area contributed by atoms with Crippen LogP contribution >= 0.6 is 0 Å². The van der Waals surface area contributed by atoms with Crippen LogP contribution in [0.2, 0.25) is 0 Å². The number of carbonyl (C=O) groups is 3. The summed E-state index contributed by atoms with van der Waals surface area (Å²) in [5, 5.41) is 14.9. The van der Waals surface area contributed by atoms with Crippen LogP contribution in [-0.2, 0) is 21.4 Å². The van der Waals surface area contributed by atoms with Crippen molar-refractivity contribution in [3.63, 3.8) is 0 Å². The summed E-state index contributed by atoms with van der Waals surface area (Å²) in [6.07, 6.45) is 2.28. The Morgan fingerprint density at radius 1 is 1.19 bits per heavy atom. The number of amides is 2. The van der Waals surface area contributed by atoms with Gasteiger partial charge < -0.3 is 20.5 Å². The monoisotopic (exact) mass is 489 g/mol. The summed E-state index contributed by atoms with van der Waals surface area (Å²) in [6.45, 7) is 13.6. The smallest absolute Gasteiger partial charge is 0.303 e. The van der Waals surface area contributed by atoms with Crippen LogP contribution in [-0.4, -0.2) is 35.0 Å². The largest absolute Gasteiger partial charge is 0.493 e. The van der Waals surface area contributed by atoms with Crippen LogP contribution in [0.3, 0.4) is 0 Å². The summed E-state index contributed by atoms with van der Waals surface area (Å²) < 4.78 is 5.85. The first-order valence-electron chi connectivity index (χ1n) is 12.2. The molecule has 1 saturated carbocycles. The van der Waals surface area contributed by atoms with Crippen LogP contribution in [0.25, 0.3) is 4.85 Å². The molecule has 0 unspecified atom stereocenters. The highest BCUT2D eigenvalue weighted by Crippen LogP contribution is 2.61. The van der Waals surface area contributed by atoms with E-state index in [1.165, 1.54) is 0 Å². The second-order valence-corrected chi connectivity index (χ2v) is 10.6. The quantitative estimate of drug-likeness (QED) is 0.482. The van der Waals surface area contributed by atoms with Crippen molar-refractivity contribution < 1.29 is 24.2 Å². The highest BCUT2D eigenvalue weighted by Gasteiger charge is 2.61. The molecular formula is C28H31N3O5. The maximum absolute atomic E-state index is 13.4. The first kappa shape index (κ1) is 25.2. The number of aryl methyl sites for hydroxylation is 1. The normalized spacial score (nSPS) is 20.0. The molecule has 2 aliphatic rings. The minimum Gasteiger partial charge on any atom is -0.493 e. The zero-order chi connectivity index (χ0) is 26.1. The molecule has 8 nitrogen and oxygen atoms in total. The lowest BCUT2D eigenvalue weighted by Gasteiger charge is -2.28. The van der Waals surface area contributed by atoms with Crippen molar-refractivity contribution in [2.75, 3.05) is 11.9 Å². The molecule has 1 aliphatic carbocycles. The molecule has 4 rings (SSSR count). The number of hydrogen-bond acceptors (Lipinski definition) is 4. The van der Waals surface area contributed by atoms with Crippen molar-refractivity contribution in [1.82, 2.24) is 5.32 Å². The fourth-order valence-electron chi connectivity index (χ4n) is 4.92. The Balaban J connectivity index is 1.55. The highest BCUT2D eigenvalue weighted by molar-refractivity contribution is 5.98. The number of carbonyl (C=O) groups excluding carboxylic acids is 2. The number of rotatable bonds is 7. The Morgan fingerprint density at radius 3 is 2.67 bits per heavy atom. The number of benzene rings is 2. The SMILES string of the molecule is [C-]#[N+]c1ccc(CCCC(=O)O)c(NC(=O)[C@@H]2C[C@]23CCOc2ccc(C(=O)NC(C)(C)C)cc23)c1. The summed E-state index contributed by atoms with van der Waals surface area (Å²) in [5.74, 6) is -0.770. The second kappa shape index (κ2) is 9.65. The van der Waals surface area contributed by atoms with Gasteiger partial charge in [0.2, 0.25) is 5.91 Å². The fraction of sp³-hybridized carbons (Fsp3) is 0.429. The topological polar surface area (TPSA) is 109 Å². The van der Waals surface area contributed by atoms with Gasteiger partial charge in [0.15, 0.2) is 5.69 Å². The Bertz CT molecular complexity index is 1260. The Hall–Kier alpha value is -3.86. The van der Waals surface area contributed by atoms with Crippen molar-refractivity contribution in [1.29, 1.82) is 0 Å². The molecule has 2 amide bonds. The molecule has 1 aliphatic heterocycles. The minimum absolute atomic E-state index is 0.0333. The van der Waals surface area contributed by atoms with Crippen LogP contribution in [0.1, 0.15) is 67.9 Å². The predicted octanol–water partition coefficient (Wildman–Crippen LogP) is 4.85. The van der Waals surface area contributed by atoms with Gasteiger partial charge in [-0.15, -0.1) is 0 Å². The molecule has 0 radical (unpaired) electrons. The Kier molecular flexibility index (Phi) is 6.77. The number of anilines is 1. The third kappa shape index (κ3) is 5.35. The molecule has 8 heteroatoms. The lowest BCUT2D eigenvalue weighted by Crippen LogP contribution is -2.40. The highest BCUT2D eigenvalue weighted by atomic mass is 16.5. The standard InChI is InChI=1S/C28H31N3O5/c1-27(2,3)31-25(34)18-9-11-23-20(14-18)28(12-13-36-23)16-21(28)26(35)30-22-15-19(29-4)10-8-17(22)6-5-7-24(32)33/h8-11,14-15,21H,5-7,12-13,16H2,1-3H3,(H,30,35)(H,31,34)(H,32,33)/t21-,28-/m0/s1. The zero-order valence-corrected chi connectivity index (χ0v) is 20.8. The van der Waals surface area contributed by atoms with Gasteiger partial charge in [0.05, 0.1) is 13.2 Å². The van der Waals surface area contributed by atoms with Crippen molar-refractivity contribution >= 4 is 29.2 Å². The molecule has 0 saturated heterocycles. The molecule has 1 heterocycles. The van der Waals surface area contributed by atoms with Crippen LogP contribution in [0, 0.1) is 12.5 Å². The maximum Gasteiger partial charge on any atom is 0.303 e. The summed E-state index contributed by atoms with van der Waals surface area (Å²) in [5.41, 5.74) is 2.41. The van der Waals surface area contributed by atoms with Gasteiger partial charge in [-0.1, -0.05) is 12.1 Å². The Morgan fingerprint density at radius 2 is 1.97 bits per heavy atom. The van der Waals surface area contributed by atoms with Gasteiger partial charge in [-0.05, 0) is 76.3 Å². The summed E-state index contributed by atoms with van der Waals surface area (Å²) >= 11 is 0. The molecule has 2 aromatic rings. The van der Waals surface area contributed by atoms with Gasteiger partial charge in [-0.25, -0.2) is 4.85 Å². The van der Waals surface area contributed by atoms with Gasteiger partial charge in [-0.3, -0.25) is 14.4 Å². The van der Waals surface area contributed by atoms with Gasteiger partial charge in [0.25, 0.3) is 5.91 Å². The molecule has 3 N–H and O–H groups in total. The van der Waals surface area contributed by atoms with Crippen molar-refractivity contribution in [2.24, 2.45) is 5.92 Å². The van der Waals surface area contributed by atoms with E-state index >= 15 is 0 Å². The number of carboxylic acids is 1. The first-order valence-corrected chi connectivity index (χ1v) is 12.2. The second-order valence-electron chi connectivity index (χ2n) is 10.6. The number of nitrogens with one attached hydrogen (secondary N) is 2. The van der Waals surface area contributed by atoms with E-state index in [2.05, 4.69) is 15.5 Å². The van der Waals surface area contributed by atoms with Gasteiger partial charge in [0.1, 0.15) is 5.75 Å². The predicted molar refractivity (Wildman–Crippen MR) is 135 cm³/mol. The van der Waals surface area contributed by atoms with Crippen LogP contribution in [0.5, 0.6) is 5.75 Å². The molecular weight excluding hydrogens is 458 g/mol. The van der Waals surface area contributed by atoms with Crippen LogP contribution < -0.4 is 15.4 Å². The van der Waals surface area contributed by atoms with E-state index < -0.39 is 11.4 Å². The number of hydrogen-bond donors (Lipinski definition) is 3. The number of nitrogens with zero attached hydrogens (tertiary/aromatic N) is 1. The van der Waals surface area contributed by atoms with Crippen molar-refractivity contribution in [3.05, 3.63) is 64.5 Å². The van der Waals surface area contributed by atoms with E-state index in [4.69, 9.17) is 16.4 Å². The minimum atomic E-state index is -0.869. The number of fused-ring (bicyclic) bond motifs is 2. The maximum atomic E-state index is 13.4. The van der Waals surface area contributed by atoms with Gasteiger partial charge >= 0.3 is 5.97 Å². The van der Waals surface area contributed by atoms with Crippen molar-refractivity contribution in [3.8, 4) is 5.75 Å². The fourth-order valence-corrected chi connectivity index (χ4v) is 4.92. The van der Waals surface area contributed by atoms with Crippen molar-refractivity contribution in [2.45, 2.75) is 63.8 Å². The van der Waals surface area contributed by atoms with E-state index in [0.29, 0.717) is 55.0 Å². The third-order valence-corrected chi connectivity index (χ3v) is 6.78. The molecule has 188 valence electrons. The lowest BCUT2D eigenvalue weighted by molar-refractivity contribution is -0.137. The third-order valence-electron chi connectivity index (χ3n) is 6.78. The van der Waals surface area contributed by atoms with Gasteiger partial charge in [-0.2, -0.15) is 0 Å². The Labute approximate surface area is 210 Å².